The number of pyridine rings is 1. The molecule has 90 valence electrons. The second-order valence-corrected chi connectivity index (χ2v) is 4.58. The van der Waals surface area contributed by atoms with E-state index in [1.54, 1.807) is 24.4 Å². The zero-order valence-corrected chi connectivity index (χ0v) is 10.1. The minimum absolute atomic E-state index is 0.137. The van der Waals surface area contributed by atoms with Gasteiger partial charge in [-0.05, 0) is 30.9 Å². The first-order valence-corrected chi connectivity index (χ1v) is 5.79. The van der Waals surface area contributed by atoms with Crippen LogP contribution >= 0.6 is 0 Å². The van der Waals surface area contributed by atoms with Gasteiger partial charge in [0.05, 0.1) is 5.56 Å². The highest BCUT2D eigenvalue weighted by molar-refractivity contribution is 5.42. The number of fused-ring (bicyclic) bond motifs is 1. The molecule has 0 aliphatic carbocycles. The molecule has 0 radical (unpaired) electrons. The highest BCUT2D eigenvalue weighted by Gasteiger charge is 2.11. The van der Waals surface area contributed by atoms with Crippen molar-refractivity contribution >= 4 is 5.65 Å². The van der Waals surface area contributed by atoms with Crippen molar-refractivity contribution in [2.24, 2.45) is 5.92 Å². The monoisotopic (exact) mass is 232 g/mol. The van der Waals surface area contributed by atoms with Gasteiger partial charge in [-0.25, -0.2) is 0 Å². The smallest absolute Gasteiger partial charge is 0.264 e. The van der Waals surface area contributed by atoms with E-state index >= 15 is 0 Å². The number of hydrogen-bond donors (Lipinski definition) is 1. The van der Waals surface area contributed by atoms with Crippen LogP contribution in [0.2, 0.25) is 0 Å². The van der Waals surface area contributed by atoms with E-state index in [4.69, 9.17) is 0 Å². The predicted octanol–water partition coefficient (Wildman–Crippen LogP) is 1.99. The van der Waals surface area contributed by atoms with Crippen molar-refractivity contribution in [2.45, 2.75) is 26.7 Å². The van der Waals surface area contributed by atoms with Crippen molar-refractivity contribution in [2.75, 3.05) is 0 Å². The molecule has 0 atom stereocenters. The molecule has 0 aliphatic rings. The SMILES string of the molecule is CC(C)CCc1c(O)nc2ccccn2c1=O. The second kappa shape index (κ2) is 4.57. The first-order chi connectivity index (χ1) is 8.09. The van der Waals surface area contributed by atoms with Gasteiger partial charge in [0.25, 0.3) is 5.56 Å². The Morgan fingerprint density at radius 3 is 2.88 bits per heavy atom. The van der Waals surface area contributed by atoms with Gasteiger partial charge in [0.1, 0.15) is 5.65 Å². The highest BCUT2D eigenvalue weighted by Crippen LogP contribution is 2.15. The molecule has 2 aromatic heterocycles. The second-order valence-electron chi connectivity index (χ2n) is 4.58. The van der Waals surface area contributed by atoms with Crippen molar-refractivity contribution in [1.82, 2.24) is 9.38 Å². The van der Waals surface area contributed by atoms with Gasteiger partial charge in [0.15, 0.2) is 0 Å². The molecule has 2 rings (SSSR count). The maximum atomic E-state index is 12.1. The minimum atomic E-state index is -0.172. The summed E-state index contributed by atoms with van der Waals surface area (Å²) in [6, 6.07) is 5.27. The maximum Gasteiger partial charge on any atom is 0.264 e. The molecular formula is C13H16N2O2. The Bertz CT molecular complexity index is 587. The van der Waals surface area contributed by atoms with Crippen molar-refractivity contribution in [3.05, 3.63) is 40.3 Å². The standard InChI is InChI=1S/C13H16N2O2/c1-9(2)6-7-10-12(16)14-11-5-3-4-8-15(11)13(10)17/h3-5,8-9,16H,6-7H2,1-2H3. The van der Waals surface area contributed by atoms with Crippen LogP contribution in [0.5, 0.6) is 5.88 Å². The average Bonchev–Trinajstić information content (AvgIpc) is 2.28. The third-order valence-electron chi connectivity index (χ3n) is 2.78. The predicted molar refractivity (Wildman–Crippen MR) is 66.3 cm³/mol. The molecule has 0 fully saturated rings. The van der Waals surface area contributed by atoms with Crippen LogP contribution in [0.25, 0.3) is 5.65 Å². The van der Waals surface area contributed by atoms with E-state index in [1.165, 1.54) is 4.40 Å². The van der Waals surface area contributed by atoms with E-state index in [0.717, 1.165) is 6.42 Å². The summed E-state index contributed by atoms with van der Waals surface area (Å²) >= 11 is 0. The van der Waals surface area contributed by atoms with Crippen LogP contribution in [0.15, 0.2) is 29.2 Å². The molecule has 0 saturated carbocycles. The molecule has 1 N–H and O–H groups in total. The molecular weight excluding hydrogens is 216 g/mol. The van der Waals surface area contributed by atoms with Crippen molar-refractivity contribution in [1.29, 1.82) is 0 Å². The first kappa shape index (κ1) is 11.6. The molecule has 0 saturated heterocycles. The summed E-state index contributed by atoms with van der Waals surface area (Å²) in [5.74, 6) is 0.354. The number of aromatic nitrogens is 2. The number of hydrogen-bond acceptors (Lipinski definition) is 3. The fraction of sp³-hybridized carbons (Fsp3) is 0.385. The van der Waals surface area contributed by atoms with Crippen molar-refractivity contribution in [3.63, 3.8) is 0 Å². The van der Waals surface area contributed by atoms with E-state index in [9.17, 15) is 9.90 Å². The van der Waals surface area contributed by atoms with E-state index in [1.807, 2.05) is 0 Å². The normalized spacial score (nSPS) is 11.2. The molecule has 0 spiro atoms. The minimum Gasteiger partial charge on any atom is -0.493 e. The van der Waals surface area contributed by atoms with Crippen LogP contribution in [0.1, 0.15) is 25.8 Å². The van der Waals surface area contributed by atoms with Gasteiger partial charge >= 0.3 is 0 Å². The van der Waals surface area contributed by atoms with Gasteiger partial charge in [-0.3, -0.25) is 9.20 Å². The molecule has 0 bridgehead atoms. The summed E-state index contributed by atoms with van der Waals surface area (Å²) in [4.78, 5) is 16.2. The zero-order valence-electron chi connectivity index (χ0n) is 10.1. The summed E-state index contributed by atoms with van der Waals surface area (Å²) < 4.78 is 1.47. The summed E-state index contributed by atoms with van der Waals surface area (Å²) in [5, 5.41) is 9.78. The largest absolute Gasteiger partial charge is 0.493 e. The van der Waals surface area contributed by atoms with Gasteiger partial charge in [-0.15, -0.1) is 0 Å². The number of aromatic hydroxyl groups is 1. The van der Waals surface area contributed by atoms with Crippen LogP contribution in [-0.4, -0.2) is 14.5 Å². The quantitative estimate of drug-likeness (QED) is 0.880. The highest BCUT2D eigenvalue weighted by atomic mass is 16.3. The Morgan fingerprint density at radius 2 is 2.18 bits per heavy atom. The lowest BCUT2D eigenvalue weighted by Crippen LogP contribution is -2.20. The summed E-state index contributed by atoms with van der Waals surface area (Å²) in [5.41, 5.74) is 0.708. The molecule has 4 nitrogen and oxygen atoms in total. The molecule has 0 amide bonds. The summed E-state index contributed by atoms with van der Waals surface area (Å²) in [6.45, 7) is 4.17. The topological polar surface area (TPSA) is 54.6 Å². The van der Waals surface area contributed by atoms with E-state index in [-0.39, 0.29) is 11.4 Å². The van der Waals surface area contributed by atoms with Gasteiger partial charge < -0.3 is 5.11 Å². The van der Waals surface area contributed by atoms with Crippen LogP contribution in [-0.2, 0) is 6.42 Å². The van der Waals surface area contributed by atoms with Crippen LogP contribution in [0.4, 0.5) is 0 Å². The van der Waals surface area contributed by atoms with Gasteiger partial charge in [0.2, 0.25) is 5.88 Å². The molecule has 17 heavy (non-hydrogen) atoms. The van der Waals surface area contributed by atoms with E-state index < -0.39 is 0 Å². The molecule has 0 unspecified atom stereocenters. The third kappa shape index (κ3) is 2.30. The molecule has 0 aliphatic heterocycles. The summed E-state index contributed by atoms with van der Waals surface area (Å²) in [7, 11) is 0. The first-order valence-electron chi connectivity index (χ1n) is 5.79. The van der Waals surface area contributed by atoms with Crippen molar-refractivity contribution in [3.8, 4) is 5.88 Å². The van der Waals surface area contributed by atoms with Crippen LogP contribution in [0.3, 0.4) is 0 Å². The van der Waals surface area contributed by atoms with E-state index in [2.05, 4.69) is 18.8 Å². The Balaban J connectivity index is 2.52. The molecule has 2 heterocycles. The van der Waals surface area contributed by atoms with Gasteiger partial charge in [-0.2, -0.15) is 4.98 Å². The van der Waals surface area contributed by atoms with Gasteiger partial charge in [0, 0.05) is 6.20 Å². The third-order valence-corrected chi connectivity index (χ3v) is 2.78. The summed E-state index contributed by atoms with van der Waals surface area (Å²) in [6.07, 6.45) is 3.10. The Labute approximate surface area is 99.6 Å². The Kier molecular flexibility index (Phi) is 3.13. The molecule has 2 aromatic rings. The molecule has 0 aromatic carbocycles. The van der Waals surface area contributed by atoms with Crippen molar-refractivity contribution < 1.29 is 5.11 Å². The lowest BCUT2D eigenvalue weighted by molar-refractivity contribution is 0.440. The van der Waals surface area contributed by atoms with E-state index in [0.29, 0.717) is 23.5 Å². The maximum absolute atomic E-state index is 12.1. The number of rotatable bonds is 3. The zero-order chi connectivity index (χ0) is 12.4. The Morgan fingerprint density at radius 1 is 1.41 bits per heavy atom. The molecule has 4 heteroatoms. The lowest BCUT2D eigenvalue weighted by Gasteiger charge is -2.07. The fourth-order valence-corrected chi connectivity index (χ4v) is 1.77. The van der Waals surface area contributed by atoms with Crippen LogP contribution in [0, 0.1) is 5.92 Å². The number of nitrogens with zero attached hydrogens (tertiary/aromatic N) is 2. The fourth-order valence-electron chi connectivity index (χ4n) is 1.77. The average molecular weight is 232 g/mol. The lowest BCUT2D eigenvalue weighted by atomic mass is 10.0. The van der Waals surface area contributed by atoms with Crippen LogP contribution < -0.4 is 5.56 Å². The van der Waals surface area contributed by atoms with Gasteiger partial charge in [-0.1, -0.05) is 19.9 Å². The Hall–Kier alpha value is -1.84.